The lowest BCUT2D eigenvalue weighted by atomic mass is 9.83. The van der Waals surface area contributed by atoms with Crippen LogP contribution in [0.2, 0.25) is 0 Å². The molecule has 2 amide bonds. The molecule has 1 atom stereocenters. The molecule has 0 aromatic heterocycles. The maximum atomic E-state index is 13.9. The van der Waals surface area contributed by atoms with Crippen molar-refractivity contribution in [1.29, 1.82) is 0 Å². The molecule has 2 aliphatic rings. The summed E-state index contributed by atoms with van der Waals surface area (Å²) >= 11 is 0. The Morgan fingerprint density at radius 3 is 2.20 bits per heavy atom. The minimum Gasteiger partial charge on any atom is -0.493 e. The molecule has 9 heteroatoms. The van der Waals surface area contributed by atoms with Gasteiger partial charge in [-0.2, -0.15) is 0 Å². The number of Topliss-reactive ketones (excluding diaryl/α,β-unsaturated/α-hetero) is 1. The first-order valence-electron chi connectivity index (χ1n) is 13.3. The van der Waals surface area contributed by atoms with Crippen molar-refractivity contribution in [3.63, 3.8) is 0 Å². The zero-order valence-electron chi connectivity index (χ0n) is 23.3. The number of nitrogens with one attached hydrogen (secondary N) is 1. The van der Waals surface area contributed by atoms with Crippen LogP contribution in [-0.4, -0.2) is 72.1 Å². The van der Waals surface area contributed by atoms with Crippen molar-refractivity contribution in [3.05, 3.63) is 77.4 Å². The van der Waals surface area contributed by atoms with Crippen LogP contribution < -0.4 is 29.5 Å². The second kappa shape index (κ2) is 11.4. The molecule has 2 heterocycles. The van der Waals surface area contributed by atoms with Crippen LogP contribution in [0.3, 0.4) is 0 Å². The summed E-state index contributed by atoms with van der Waals surface area (Å²) in [5, 5.41) is 3.35. The van der Waals surface area contributed by atoms with Crippen LogP contribution in [0, 0.1) is 0 Å². The third-order valence-electron chi connectivity index (χ3n) is 7.56. The molecular weight excluding hydrogens is 508 g/mol. The zero-order valence-corrected chi connectivity index (χ0v) is 23.3. The van der Waals surface area contributed by atoms with Crippen LogP contribution in [0.4, 0.5) is 17.1 Å². The smallest absolute Gasteiger partial charge is 0.265 e. The van der Waals surface area contributed by atoms with Crippen molar-refractivity contribution in [2.75, 3.05) is 69.2 Å². The standard InChI is InChI=1S/C31H34N4O5/c1-33(2)22-8-5-20(6-9-22)31(38)35-26-11-10-23(34-15-13-32-14-16-34)18-24(26)25(19-29(35)36)30(37)21-7-12-27(39-3)28(17-21)40-4/h5-12,17-18,25,32H,13-16,19H2,1-4H3. The van der Waals surface area contributed by atoms with E-state index in [-0.39, 0.29) is 12.2 Å². The second-order valence-electron chi connectivity index (χ2n) is 10.1. The molecule has 0 saturated carbocycles. The number of piperazine rings is 1. The van der Waals surface area contributed by atoms with Gasteiger partial charge < -0.3 is 24.6 Å². The Hall–Kier alpha value is -4.37. The fraction of sp³-hybridized carbons (Fsp3) is 0.323. The molecule has 0 aliphatic carbocycles. The largest absolute Gasteiger partial charge is 0.493 e. The number of fused-ring (bicyclic) bond motifs is 1. The monoisotopic (exact) mass is 542 g/mol. The number of hydrogen-bond donors (Lipinski definition) is 1. The number of methoxy groups -OCH3 is 2. The van der Waals surface area contributed by atoms with E-state index in [4.69, 9.17) is 9.47 Å². The van der Waals surface area contributed by atoms with Crippen molar-refractivity contribution in [1.82, 2.24) is 5.32 Å². The van der Waals surface area contributed by atoms with E-state index in [1.54, 1.807) is 36.4 Å². The van der Waals surface area contributed by atoms with E-state index in [1.807, 2.05) is 43.3 Å². The molecule has 1 saturated heterocycles. The fourth-order valence-corrected chi connectivity index (χ4v) is 5.33. The summed E-state index contributed by atoms with van der Waals surface area (Å²) in [7, 11) is 6.89. The highest BCUT2D eigenvalue weighted by Crippen LogP contribution is 2.42. The van der Waals surface area contributed by atoms with Gasteiger partial charge in [-0.3, -0.25) is 14.4 Å². The molecule has 2 aliphatic heterocycles. The van der Waals surface area contributed by atoms with Crippen LogP contribution in [0.15, 0.2) is 60.7 Å². The number of nitrogens with zero attached hydrogens (tertiary/aromatic N) is 3. The SMILES string of the molecule is COc1ccc(C(=O)C2CC(=O)N(C(=O)c3ccc(N(C)C)cc3)c3ccc(N4CCNCC4)cc32)cc1OC. The molecule has 1 fully saturated rings. The number of ketones is 1. The van der Waals surface area contributed by atoms with Crippen molar-refractivity contribution >= 4 is 34.7 Å². The first kappa shape index (κ1) is 27.2. The predicted octanol–water partition coefficient (Wildman–Crippen LogP) is 3.72. The molecule has 0 bridgehead atoms. The highest BCUT2D eigenvalue weighted by Gasteiger charge is 2.39. The quantitative estimate of drug-likeness (QED) is 0.357. The predicted molar refractivity (Wildman–Crippen MR) is 155 cm³/mol. The van der Waals surface area contributed by atoms with Gasteiger partial charge >= 0.3 is 0 Å². The van der Waals surface area contributed by atoms with Gasteiger partial charge in [0, 0.05) is 69.2 Å². The summed E-state index contributed by atoms with van der Waals surface area (Å²) in [4.78, 5) is 46.6. The number of carbonyl (C=O) groups is 3. The lowest BCUT2D eigenvalue weighted by Gasteiger charge is -2.35. The average molecular weight is 543 g/mol. The first-order chi connectivity index (χ1) is 19.3. The Labute approximate surface area is 234 Å². The van der Waals surface area contributed by atoms with Gasteiger partial charge in [-0.15, -0.1) is 0 Å². The number of carbonyl (C=O) groups excluding carboxylic acids is 3. The first-order valence-corrected chi connectivity index (χ1v) is 13.3. The summed E-state index contributed by atoms with van der Waals surface area (Å²) in [6.45, 7) is 3.37. The maximum Gasteiger partial charge on any atom is 0.265 e. The Balaban J connectivity index is 1.56. The van der Waals surface area contributed by atoms with Gasteiger partial charge in [0.15, 0.2) is 17.3 Å². The van der Waals surface area contributed by atoms with Gasteiger partial charge in [0.25, 0.3) is 5.91 Å². The third kappa shape index (κ3) is 5.12. The molecule has 5 rings (SSSR count). The van der Waals surface area contributed by atoms with Crippen LogP contribution >= 0.6 is 0 Å². The highest BCUT2D eigenvalue weighted by molar-refractivity contribution is 6.24. The van der Waals surface area contributed by atoms with Crippen molar-refractivity contribution in [2.45, 2.75) is 12.3 Å². The highest BCUT2D eigenvalue weighted by atomic mass is 16.5. The summed E-state index contributed by atoms with van der Waals surface area (Å²) in [6, 6.07) is 17.8. The van der Waals surface area contributed by atoms with Crippen molar-refractivity contribution < 1.29 is 23.9 Å². The number of benzene rings is 3. The van der Waals surface area contributed by atoms with Crippen LogP contribution in [0.25, 0.3) is 0 Å². The van der Waals surface area contributed by atoms with Gasteiger partial charge in [-0.1, -0.05) is 0 Å². The van der Waals surface area contributed by atoms with Crippen LogP contribution in [0.5, 0.6) is 11.5 Å². The Morgan fingerprint density at radius 1 is 0.875 bits per heavy atom. The van der Waals surface area contributed by atoms with E-state index in [1.165, 1.54) is 19.1 Å². The van der Waals surface area contributed by atoms with Crippen molar-refractivity contribution in [3.8, 4) is 11.5 Å². The molecular formula is C31H34N4O5. The zero-order chi connectivity index (χ0) is 28.4. The number of anilines is 3. The van der Waals surface area contributed by atoms with Crippen molar-refractivity contribution in [2.24, 2.45) is 0 Å². The van der Waals surface area contributed by atoms with Gasteiger partial charge in [-0.25, -0.2) is 4.90 Å². The van der Waals surface area contributed by atoms with Gasteiger partial charge in [0.1, 0.15) is 0 Å². The van der Waals surface area contributed by atoms with Gasteiger partial charge in [-0.05, 0) is 66.2 Å². The van der Waals surface area contributed by atoms with Crippen LogP contribution in [0.1, 0.15) is 38.6 Å². The molecule has 0 radical (unpaired) electrons. The normalized spacial score (nSPS) is 16.8. The molecule has 3 aromatic carbocycles. The summed E-state index contributed by atoms with van der Waals surface area (Å²) in [5.74, 6) is -0.842. The van der Waals surface area contributed by atoms with E-state index in [9.17, 15) is 14.4 Å². The average Bonchev–Trinajstić information content (AvgIpc) is 2.99. The molecule has 1 N–H and O–H groups in total. The number of ether oxygens (including phenoxy) is 2. The van der Waals surface area contributed by atoms with E-state index in [0.717, 1.165) is 37.6 Å². The summed E-state index contributed by atoms with van der Waals surface area (Å²) in [5.41, 5.74) is 3.82. The van der Waals surface area contributed by atoms with E-state index >= 15 is 0 Å². The lowest BCUT2D eigenvalue weighted by molar-refractivity contribution is -0.118. The van der Waals surface area contributed by atoms with Gasteiger partial charge in [0.05, 0.1) is 25.8 Å². The molecule has 9 nitrogen and oxygen atoms in total. The van der Waals surface area contributed by atoms with Gasteiger partial charge in [0.2, 0.25) is 5.91 Å². The molecule has 208 valence electrons. The second-order valence-corrected chi connectivity index (χ2v) is 10.1. The van der Waals surface area contributed by atoms with Crippen LogP contribution in [-0.2, 0) is 4.79 Å². The Kier molecular flexibility index (Phi) is 7.75. The third-order valence-corrected chi connectivity index (χ3v) is 7.56. The lowest BCUT2D eigenvalue weighted by Crippen LogP contribution is -2.44. The molecule has 40 heavy (non-hydrogen) atoms. The maximum absolute atomic E-state index is 13.9. The van der Waals surface area contributed by atoms with E-state index in [2.05, 4.69) is 10.2 Å². The minimum atomic E-state index is -0.747. The molecule has 1 unspecified atom stereocenters. The number of imide groups is 1. The summed E-state index contributed by atoms with van der Waals surface area (Å²) in [6.07, 6.45) is -0.118. The molecule has 3 aromatic rings. The fourth-order valence-electron chi connectivity index (χ4n) is 5.33. The minimum absolute atomic E-state index is 0.118. The topological polar surface area (TPSA) is 91.4 Å². The number of amides is 2. The number of hydrogen-bond acceptors (Lipinski definition) is 8. The van der Waals surface area contributed by atoms with E-state index in [0.29, 0.717) is 33.9 Å². The van der Waals surface area contributed by atoms with E-state index < -0.39 is 17.7 Å². The summed E-state index contributed by atoms with van der Waals surface area (Å²) < 4.78 is 10.7. The Morgan fingerprint density at radius 2 is 1.55 bits per heavy atom. The Bertz CT molecular complexity index is 1430. The number of rotatable bonds is 7. The molecule has 0 spiro atoms.